The zero-order chi connectivity index (χ0) is 11.1. The van der Waals surface area contributed by atoms with Crippen molar-refractivity contribution in [1.29, 1.82) is 0 Å². The van der Waals surface area contributed by atoms with Crippen LogP contribution in [0.4, 0.5) is 5.82 Å². The second-order valence-corrected chi connectivity index (χ2v) is 3.66. The van der Waals surface area contributed by atoms with Gasteiger partial charge < -0.3 is 5.73 Å². The van der Waals surface area contributed by atoms with Gasteiger partial charge in [0.15, 0.2) is 10.8 Å². The van der Waals surface area contributed by atoms with Crippen molar-refractivity contribution in [2.45, 2.75) is 0 Å². The van der Waals surface area contributed by atoms with Gasteiger partial charge in [-0.2, -0.15) is 10.2 Å². The van der Waals surface area contributed by atoms with E-state index in [0.29, 0.717) is 16.6 Å². The Morgan fingerprint density at radius 1 is 1.38 bits per heavy atom. The van der Waals surface area contributed by atoms with E-state index in [4.69, 9.17) is 17.3 Å². The van der Waals surface area contributed by atoms with Gasteiger partial charge in [0.2, 0.25) is 0 Å². The molecule has 3 aromatic heterocycles. The largest absolute Gasteiger partial charge is 0.384 e. The van der Waals surface area contributed by atoms with Crippen LogP contribution in [0, 0.1) is 0 Å². The molecular formula is C9H7ClN6. The van der Waals surface area contributed by atoms with Crippen LogP contribution in [0.2, 0.25) is 5.15 Å². The SMILES string of the molecule is Nc1[nH]ncc1-c1cc(Cl)nn2ccnc12. The molecule has 7 heteroatoms. The van der Waals surface area contributed by atoms with Crippen molar-refractivity contribution in [3.63, 3.8) is 0 Å². The maximum Gasteiger partial charge on any atom is 0.161 e. The first kappa shape index (κ1) is 9.17. The van der Waals surface area contributed by atoms with Crippen LogP contribution in [-0.4, -0.2) is 24.8 Å². The first-order valence-corrected chi connectivity index (χ1v) is 4.92. The average molecular weight is 235 g/mol. The van der Waals surface area contributed by atoms with Crippen molar-refractivity contribution in [2.24, 2.45) is 0 Å². The highest BCUT2D eigenvalue weighted by Crippen LogP contribution is 2.28. The molecule has 0 spiro atoms. The molecule has 3 heterocycles. The minimum atomic E-state index is 0.376. The van der Waals surface area contributed by atoms with Crippen LogP contribution in [0.3, 0.4) is 0 Å². The molecule has 6 nitrogen and oxygen atoms in total. The number of anilines is 1. The van der Waals surface area contributed by atoms with Crippen molar-refractivity contribution in [1.82, 2.24) is 24.8 Å². The molecule has 0 unspecified atom stereocenters. The summed E-state index contributed by atoms with van der Waals surface area (Å²) in [6.45, 7) is 0. The number of H-pyrrole nitrogens is 1. The summed E-state index contributed by atoms with van der Waals surface area (Å²) in [4.78, 5) is 4.20. The van der Waals surface area contributed by atoms with E-state index in [9.17, 15) is 0 Å². The molecule has 0 amide bonds. The molecule has 0 bridgehead atoms. The van der Waals surface area contributed by atoms with Gasteiger partial charge in [-0.3, -0.25) is 5.10 Å². The van der Waals surface area contributed by atoms with Crippen LogP contribution in [0.5, 0.6) is 0 Å². The predicted molar refractivity (Wildman–Crippen MR) is 60.0 cm³/mol. The summed E-state index contributed by atoms with van der Waals surface area (Å²) in [7, 11) is 0. The van der Waals surface area contributed by atoms with Crippen molar-refractivity contribution in [2.75, 3.05) is 5.73 Å². The van der Waals surface area contributed by atoms with Gasteiger partial charge in [0.05, 0.1) is 6.20 Å². The lowest BCUT2D eigenvalue weighted by Crippen LogP contribution is -1.95. The van der Waals surface area contributed by atoms with E-state index in [2.05, 4.69) is 20.3 Å². The van der Waals surface area contributed by atoms with Gasteiger partial charge in [0.1, 0.15) is 5.82 Å². The van der Waals surface area contributed by atoms with Crippen molar-refractivity contribution >= 4 is 23.1 Å². The molecule has 16 heavy (non-hydrogen) atoms. The van der Waals surface area contributed by atoms with Crippen molar-refractivity contribution in [3.8, 4) is 11.1 Å². The summed E-state index contributed by atoms with van der Waals surface area (Å²) >= 11 is 5.92. The minimum absolute atomic E-state index is 0.376. The Kier molecular flexibility index (Phi) is 1.84. The number of hydrogen-bond donors (Lipinski definition) is 2. The molecule has 0 radical (unpaired) electrons. The monoisotopic (exact) mass is 234 g/mol. The predicted octanol–water partition coefficient (Wildman–Crippen LogP) is 1.35. The smallest absolute Gasteiger partial charge is 0.161 e. The maximum absolute atomic E-state index is 5.92. The van der Waals surface area contributed by atoms with Gasteiger partial charge in [-0.25, -0.2) is 9.50 Å². The molecule has 0 aromatic carbocycles. The van der Waals surface area contributed by atoms with Crippen LogP contribution < -0.4 is 5.73 Å². The minimum Gasteiger partial charge on any atom is -0.384 e. The van der Waals surface area contributed by atoms with E-state index >= 15 is 0 Å². The number of hydrogen-bond acceptors (Lipinski definition) is 4. The lowest BCUT2D eigenvalue weighted by atomic mass is 10.1. The summed E-state index contributed by atoms with van der Waals surface area (Å²) in [5.74, 6) is 0.479. The summed E-state index contributed by atoms with van der Waals surface area (Å²) in [6.07, 6.45) is 5.01. The second-order valence-electron chi connectivity index (χ2n) is 3.27. The Morgan fingerprint density at radius 2 is 2.25 bits per heavy atom. The molecule has 0 aliphatic heterocycles. The highest BCUT2D eigenvalue weighted by molar-refractivity contribution is 6.29. The Hall–Kier alpha value is -2.08. The number of imidazole rings is 1. The molecule has 80 valence electrons. The van der Waals surface area contributed by atoms with Gasteiger partial charge in [-0.15, -0.1) is 0 Å². The molecule has 3 N–H and O–H groups in total. The normalized spacial score (nSPS) is 11.1. The molecule has 0 aliphatic rings. The molecule has 0 fully saturated rings. The number of nitrogen functional groups attached to an aromatic ring is 1. The quantitative estimate of drug-likeness (QED) is 0.666. The Morgan fingerprint density at radius 3 is 3.00 bits per heavy atom. The average Bonchev–Trinajstić information content (AvgIpc) is 2.84. The van der Waals surface area contributed by atoms with E-state index in [1.807, 2.05) is 0 Å². The van der Waals surface area contributed by atoms with Crippen LogP contribution in [0.25, 0.3) is 16.8 Å². The van der Waals surface area contributed by atoms with Crippen LogP contribution in [-0.2, 0) is 0 Å². The van der Waals surface area contributed by atoms with Crippen molar-refractivity contribution < 1.29 is 0 Å². The number of nitrogens with two attached hydrogens (primary N) is 1. The molecule has 0 saturated carbocycles. The third-order valence-electron chi connectivity index (χ3n) is 2.29. The number of nitrogens with one attached hydrogen (secondary N) is 1. The number of aromatic amines is 1. The summed E-state index contributed by atoms with van der Waals surface area (Å²) in [5, 5.41) is 11.0. The molecule has 0 aliphatic carbocycles. The number of fused-ring (bicyclic) bond motifs is 1. The van der Waals surface area contributed by atoms with E-state index in [1.165, 1.54) is 0 Å². The van der Waals surface area contributed by atoms with Gasteiger partial charge >= 0.3 is 0 Å². The van der Waals surface area contributed by atoms with Crippen LogP contribution in [0.1, 0.15) is 0 Å². The Labute approximate surface area is 95.1 Å². The fourth-order valence-electron chi connectivity index (χ4n) is 1.59. The Balaban J connectivity index is 2.38. The number of aromatic nitrogens is 5. The third kappa shape index (κ3) is 1.24. The highest BCUT2D eigenvalue weighted by atomic mass is 35.5. The lowest BCUT2D eigenvalue weighted by molar-refractivity contribution is 0.938. The first-order chi connectivity index (χ1) is 7.75. The molecule has 0 saturated heterocycles. The number of nitrogens with zero attached hydrogens (tertiary/aromatic N) is 4. The van der Waals surface area contributed by atoms with Gasteiger partial charge in [-0.05, 0) is 6.07 Å². The second kappa shape index (κ2) is 3.21. The first-order valence-electron chi connectivity index (χ1n) is 4.55. The summed E-state index contributed by atoms with van der Waals surface area (Å²) in [6, 6.07) is 1.71. The lowest BCUT2D eigenvalue weighted by Gasteiger charge is -2.02. The number of rotatable bonds is 1. The molecule has 3 rings (SSSR count). The standard InChI is InChI=1S/C9H7ClN6/c10-7-3-5(6-4-13-14-8(6)11)9-12-1-2-16(9)15-7/h1-4H,(H3,11,13,14). The van der Waals surface area contributed by atoms with Crippen LogP contribution in [0.15, 0.2) is 24.7 Å². The fraction of sp³-hybridized carbons (Fsp3) is 0. The summed E-state index contributed by atoms with van der Waals surface area (Å²) in [5.41, 5.74) is 8.02. The summed E-state index contributed by atoms with van der Waals surface area (Å²) < 4.78 is 1.60. The van der Waals surface area contributed by atoms with Gasteiger partial charge in [0.25, 0.3) is 0 Å². The van der Waals surface area contributed by atoms with Crippen molar-refractivity contribution in [3.05, 3.63) is 29.8 Å². The van der Waals surface area contributed by atoms with E-state index in [1.54, 1.807) is 29.2 Å². The van der Waals surface area contributed by atoms with E-state index < -0.39 is 0 Å². The Bertz CT molecular complexity index is 655. The molecule has 0 atom stereocenters. The van der Waals surface area contributed by atoms with Gasteiger partial charge in [0, 0.05) is 23.5 Å². The molecule has 3 aromatic rings. The zero-order valence-corrected chi connectivity index (χ0v) is 8.81. The van der Waals surface area contributed by atoms with Crippen LogP contribution >= 0.6 is 11.6 Å². The van der Waals surface area contributed by atoms with Gasteiger partial charge in [-0.1, -0.05) is 11.6 Å². The van der Waals surface area contributed by atoms with E-state index in [0.717, 1.165) is 11.1 Å². The zero-order valence-electron chi connectivity index (χ0n) is 8.05. The number of halogens is 1. The van der Waals surface area contributed by atoms with E-state index in [-0.39, 0.29) is 0 Å². The third-order valence-corrected chi connectivity index (χ3v) is 2.47. The topological polar surface area (TPSA) is 84.9 Å². The molecular weight excluding hydrogens is 228 g/mol. The fourth-order valence-corrected chi connectivity index (χ4v) is 1.79. The maximum atomic E-state index is 5.92. The highest BCUT2D eigenvalue weighted by Gasteiger charge is 2.12.